The number of hydrogen-bond acceptors (Lipinski definition) is 4. The lowest BCUT2D eigenvalue weighted by atomic mass is 10.2. The second-order valence-corrected chi connectivity index (χ2v) is 5.25. The third kappa shape index (κ3) is 4.31. The molecule has 0 atom stereocenters. The van der Waals surface area contributed by atoms with Crippen LogP contribution in [0.3, 0.4) is 0 Å². The van der Waals surface area contributed by atoms with E-state index in [1.165, 1.54) is 6.20 Å². The summed E-state index contributed by atoms with van der Waals surface area (Å²) in [4.78, 5) is 16.4. The molecular weight excluding hydrogens is 312 g/mol. The molecule has 23 heavy (non-hydrogen) atoms. The summed E-state index contributed by atoms with van der Waals surface area (Å²) in [6.07, 6.45) is 1.33. The molecule has 0 aliphatic rings. The Morgan fingerprint density at radius 1 is 1.26 bits per heavy atom. The van der Waals surface area contributed by atoms with E-state index >= 15 is 0 Å². The molecule has 6 heteroatoms. The van der Waals surface area contributed by atoms with Gasteiger partial charge in [-0.2, -0.15) is 5.26 Å². The monoisotopic (exact) mass is 326 g/mol. The molecule has 5 nitrogen and oxygen atoms in total. The molecule has 0 unspecified atom stereocenters. The van der Waals surface area contributed by atoms with Crippen LogP contribution in [0.15, 0.2) is 48.2 Å². The molecule has 2 N–H and O–H groups in total. The van der Waals surface area contributed by atoms with E-state index in [9.17, 15) is 4.79 Å². The van der Waals surface area contributed by atoms with Crippen molar-refractivity contribution in [2.45, 2.75) is 13.8 Å². The highest BCUT2D eigenvalue weighted by Gasteiger charge is 2.11. The van der Waals surface area contributed by atoms with Crippen LogP contribution in [0.4, 0.5) is 11.5 Å². The summed E-state index contributed by atoms with van der Waals surface area (Å²) in [6.45, 7) is 3.65. The van der Waals surface area contributed by atoms with Gasteiger partial charge in [0.1, 0.15) is 17.5 Å². The van der Waals surface area contributed by atoms with E-state index in [0.29, 0.717) is 16.5 Å². The lowest BCUT2D eigenvalue weighted by Gasteiger charge is -2.09. The Balaban J connectivity index is 2.14. The number of nitriles is 1. The Labute approximate surface area is 139 Å². The predicted molar refractivity (Wildman–Crippen MR) is 91.1 cm³/mol. The smallest absolute Gasteiger partial charge is 0.267 e. The van der Waals surface area contributed by atoms with E-state index in [4.69, 9.17) is 16.9 Å². The minimum atomic E-state index is -0.516. The summed E-state index contributed by atoms with van der Waals surface area (Å²) in [6, 6.07) is 12.5. The van der Waals surface area contributed by atoms with Crippen LogP contribution in [0, 0.1) is 25.2 Å². The van der Waals surface area contributed by atoms with Gasteiger partial charge in [-0.05, 0) is 43.7 Å². The first-order valence-corrected chi connectivity index (χ1v) is 7.26. The molecule has 2 aromatic rings. The van der Waals surface area contributed by atoms with Gasteiger partial charge in [0.2, 0.25) is 0 Å². The standard InChI is InChI=1S/C17H15ClN4O/c1-11-5-3-8-16(21-11)20-10-13(9-19)17(23)22-15-7-4-6-14(18)12(15)2/h3-8,10H,1-2H3,(H,20,21)(H,22,23)/b13-10-. The van der Waals surface area contributed by atoms with Crippen LogP contribution in [-0.4, -0.2) is 10.9 Å². The number of anilines is 2. The lowest BCUT2D eigenvalue weighted by molar-refractivity contribution is -0.112. The number of nitrogens with one attached hydrogen (secondary N) is 2. The van der Waals surface area contributed by atoms with Crippen LogP contribution in [0.1, 0.15) is 11.3 Å². The summed E-state index contributed by atoms with van der Waals surface area (Å²) in [5.41, 5.74) is 2.08. The lowest BCUT2D eigenvalue weighted by Crippen LogP contribution is -2.15. The van der Waals surface area contributed by atoms with Crippen molar-refractivity contribution in [3.05, 3.63) is 64.5 Å². The van der Waals surface area contributed by atoms with Crippen molar-refractivity contribution in [2.24, 2.45) is 0 Å². The maximum Gasteiger partial charge on any atom is 0.267 e. The number of carbonyl (C=O) groups excluding carboxylic acids is 1. The second-order valence-electron chi connectivity index (χ2n) is 4.84. The first kappa shape index (κ1) is 16.5. The molecule has 1 amide bonds. The number of carbonyl (C=O) groups is 1. The van der Waals surface area contributed by atoms with Gasteiger partial charge in [0, 0.05) is 22.6 Å². The van der Waals surface area contributed by atoms with Gasteiger partial charge in [0.05, 0.1) is 0 Å². The quantitative estimate of drug-likeness (QED) is 0.661. The Morgan fingerprint density at radius 2 is 2.00 bits per heavy atom. The highest BCUT2D eigenvalue weighted by Crippen LogP contribution is 2.23. The fraction of sp³-hybridized carbons (Fsp3) is 0.118. The first-order valence-electron chi connectivity index (χ1n) is 6.88. The summed E-state index contributed by atoms with van der Waals surface area (Å²) in [5.74, 6) is 0.0440. The van der Waals surface area contributed by atoms with Gasteiger partial charge in [0.15, 0.2) is 0 Å². The number of amides is 1. The zero-order valence-corrected chi connectivity index (χ0v) is 13.5. The average molecular weight is 327 g/mol. The fourth-order valence-electron chi connectivity index (χ4n) is 1.85. The Bertz CT molecular complexity index is 808. The first-order chi connectivity index (χ1) is 11.0. The number of nitrogens with zero attached hydrogens (tertiary/aromatic N) is 2. The van der Waals surface area contributed by atoms with E-state index < -0.39 is 5.91 Å². The van der Waals surface area contributed by atoms with Crippen molar-refractivity contribution >= 4 is 29.0 Å². The van der Waals surface area contributed by atoms with Gasteiger partial charge in [-0.25, -0.2) is 4.98 Å². The van der Waals surface area contributed by atoms with Crippen LogP contribution in [0.2, 0.25) is 5.02 Å². The SMILES string of the molecule is Cc1cccc(N/C=C(/C#N)C(=O)Nc2cccc(Cl)c2C)n1. The summed E-state index contributed by atoms with van der Waals surface area (Å²) < 4.78 is 0. The Hall–Kier alpha value is -2.84. The fourth-order valence-corrected chi connectivity index (χ4v) is 2.03. The average Bonchev–Trinajstić information content (AvgIpc) is 2.52. The molecule has 0 saturated heterocycles. The van der Waals surface area contributed by atoms with Gasteiger partial charge in [-0.3, -0.25) is 4.79 Å². The number of halogens is 1. The largest absolute Gasteiger partial charge is 0.345 e. The summed E-state index contributed by atoms with van der Waals surface area (Å²) >= 11 is 6.02. The molecule has 1 aromatic carbocycles. The molecule has 0 bridgehead atoms. The number of aromatic nitrogens is 1. The molecule has 116 valence electrons. The normalized spacial score (nSPS) is 10.8. The molecule has 0 spiro atoms. The topological polar surface area (TPSA) is 77.8 Å². The van der Waals surface area contributed by atoms with Crippen molar-refractivity contribution in [1.82, 2.24) is 4.98 Å². The molecule has 0 radical (unpaired) electrons. The van der Waals surface area contributed by atoms with Gasteiger partial charge in [-0.15, -0.1) is 0 Å². The summed E-state index contributed by atoms with van der Waals surface area (Å²) in [7, 11) is 0. The zero-order chi connectivity index (χ0) is 16.8. The van der Waals surface area contributed by atoms with E-state index in [-0.39, 0.29) is 5.57 Å². The minimum Gasteiger partial charge on any atom is -0.345 e. The highest BCUT2D eigenvalue weighted by molar-refractivity contribution is 6.31. The third-order valence-corrected chi connectivity index (χ3v) is 3.54. The Morgan fingerprint density at radius 3 is 2.70 bits per heavy atom. The number of aryl methyl sites for hydroxylation is 1. The maximum atomic E-state index is 12.2. The van der Waals surface area contributed by atoms with Gasteiger partial charge in [0.25, 0.3) is 5.91 Å². The summed E-state index contributed by atoms with van der Waals surface area (Å²) in [5, 5.41) is 15.2. The molecule has 0 aliphatic carbocycles. The van der Waals surface area contributed by atoms with E-state index in [1.807, 2.05) is 25.1 Å². The molecule has 0 fully saturated rings. The van der Waals surface area contributed by atoms with E-state index in [0.717, 1.165) is 11.3 Å². The van der Waals surface area contributed by atoms with Gasteiger partial charge >= 0.3 is 0 Å². The van der Waals surface area contributed by atoms with Crippen molar-refractivity contribution in [2.75, 3.05) is 10.6 Å². The second kappa shape index (κ2) is 7.43. The number of rotatable bonds is 4. The molecule has 2 rings (SSSR count). The molecule has 0 saturated carbocycles. The van der Waals surface area contributed by atoms with Crippen LogP contribution in [0.5, 0.6) is 0 Å². The van der Waals surface area contributed by atoms with E-state index in [2.05, 4.69) is 15.6 Å². The predicted octanol–water partition coefficient (Wildman–Crippen LogP) is 3.81. The minimum absolute atomic E-state index is 0.0623. The van der Waals surface area contributed by atoms with Gasteiger partial charge in [-0.1, -0.05) is 23.7 Å². The van der Waals surface area contributed by atoms with Crippen LogP contribution < -0.4 is 10.6 Å². The van der Waals surface area contributed by atoms with Crippen molar-refractivity contribution in [3.63, 3.8) is 0 Å². The van der Waals surface area contributed by atoms with Crippen LogP contribution in [0.25, 0.3) is 0 Å². The zero-order valence-electron chi connectivity index (χ0n) is 12.7. The molecule has 1 aromatic heterocycles. The number of pyridine rings is 1. The van der Waals surface area contributed by atoms with Crippen LogP contribution in [-0.2, 0) is 4.79 Å². The molecular formula is C17H15ClN4O. The maximum absolute atomic E-state index is 12.2. The highest BCUT2D eigenvalue weighted by atomic mass is 35.5. The number of hydrogen-bond donors (Lipinski definition) is 2. The molecule has 0 aliphatic heterocycles. The van der Waals surface area contributed by atoms with Gasteiger partial charge < -0.3 is 10.6 Å². The third-order valence-electron chi connectivity index (χ3n) is 3.13. The van der Waals surface area contributed by atoms with Crippen LogP contribution >= 0.6 is 11.6 Å². The van der Waals surface area contributed by atoms with Crippen molar-refractivity contribution < 1.29 is 4.79 Å². The van der Waals surface area contributed by atoms with Crippen molar-refractivity contribution in [3.8, 4) is 6.07 Å². The molecule has 1 heterocycles. The van der Waals surface area contributed by atoms with Crippen molar-refractivity contribution in [1.29, 1.82) is 5.26 Å². The Kier molecular flexibility index (Phi) is 5.34. The number of benzene rings is 1. The van der Waals surface area contributed by atoms with E-state index in [1.54, 1.807) is 31.2 Å².